The molecule has 4 heteroatoms. The number of hydrogen-bond donors (Lipinski definition) is 2. The number of carbonyl (C=O) groups excluding carboxylic acids is 1. The van der Waals surface area contributed by atoms with E-state index in [-0.39, 0.29) is 11.9 Å². The first-order valence-electron chi connectivity index (χ1n) is 6.98. The van der Waals surface area contributed by atoms with Gasteiger partial charge < -0.3 is 16.0 Å². The molecule has 19 heavy (non-hydrogen) atoms. The van der Waals surface area contributed by atoms with Crippen molar-refractivity contribution < 1.29 is 4.79 Å². The van der Waals surface area contributed by atoms with E-state index in [9.17, 15) is 4.79 Å². The van der Waals surface area contributed by atoms with Gasteiger partial charge in [-0.05, 0) is 37.4 Å². The number of amides is 1. The van der Waals surface area contributed by atoms with E-state index < -0.39 is 0 Å². The summed E-state index contributed by atoms with van der Waals surface area (Å²) in [6.45, 7) is 6.16. The first-order valence-corrected chi connectivity index (χ1v) is 6.98. The molecule has 1 atom stereocenters. The number of hydrogen-bond acceptors (Lipinski definition) is 3. The number of carbonyl (C=O) groups is 1. The summed E-state index contributed by atoms with van der Waals surface area (Å²) in [5.41, 5.74) is 9.37. The first-order chi connectivity index (χ1) is 9.15. The minimum Gasteiger partial charge on any atom is -0.360 e. The Morgan fingerprint density at radius 3 is 2.95 bits per heavy atom. The molecule has 0 aliphatic carbocycles. The minimum absolute atomic E-state index is 0.0926. The molecule has 0 aromatic heterocycles. The predicted octanol–water partition coefficient (Wildman–Crippen LogP) is 1.21. The summed E-state index contributed by atoms with van der Waals surface area (Å²) in [6, 6.07) is 6.50. The lowest BCUT2D eigenvalue weighted by molar-refractivity contribution is -0.121. The van der Waals surface area contributed by atoms with Gasteiger partial charge >= 0.3 is 0 Å². The van der Waals surface area contributed by atoms with Crippen molar-refractivity contribution in [2.75, 3.05) is 24.5 Å². The second kappa shape index (κ2) is 6.06. The van der Waals surface area contributed by atoms with Gasteiger partial charge in [0, 0.05) is 18.3 Å². The van der Waals surface area contributed by atoms with Gasteiger partial charge in [-0.2, -0.15) is 0 Å². The van der Waals surface area contributed by atoms with Gasteiger partial charge in [-0.25, -0.2) is 0 Å². The quantitative estimate of drug-likeness (QED) is 0.856. The highest BCUT2D eigenvalue weighted by molar-refractivity contribution is 5.84. The van der Waals surface area contributed by atoms with Crippen LogP contribution in [-0.4, -0.2) is 31.6 Å². The largest absolute Gasteiger partial charge is 0.360 e. The topological polar surface area (TPSA) is 58.4 Å². The zero-order valence-corrected chi connectivity index (χ0v) is 11.8. The number of rotatable bonds is 4. The lowest BCUT2D eigenvalue weighted by Crippen LogP contribution is -2.55. The molecule has 3 N–H and O–H groups in total. The maximum absolute atomic E-state index is 11.8. The Morgan fingerprint density at radius 2 is 2.26 bits per heavy atom. The summed E-state index contributed by atoms with van der Waals surface area (Å²) < 4.78 is 0. The number of nitrogens with zero attached hydrogens (tertiary/aromatic N) is 1. The smallest absolute Gasteiger partial charge is 0.239 e. The van der Waals surface area contributed by atoms with E-state index in [1.807, 2.05) is 0 Å². The van der Waals surface area contributed by atoms with Crippen LogP contribution in [0.2, 0.25) is 0 Å². The summed E-state index contributed by atoms with van der Waals surface area (Å²) in [5.74, 6) is 0.0926. The third-order valence-corrected chi connectivity index (χ3v) is 3.67. The molecule has 1 unspecified atom stereocenters. The SMILES string of the molecule is CCc1cccc(C)c1N1CC(=O)NC(CCN)C1. The minimum atomic E-state index is 0.0926. The van der Waals surface area contributed by atoms with Crippen molar-refractivity contribution in [1.29, 1.82) is 0 Å². The highest BCUT2D eigenvalue weighted by Gasteiger charge is 2.26. The van der Waals surface area contributed by atoms with Crippen LogP contribution in [0.25, 0.3) is 0 Å². The standard InChI is InChI=1S/C15H23N3O/c1-3-12-6-4-5-11(2)15(12)18-9-13(7-8-16)17-14(19)10-18/h4-6,13H,3,7-10,16H2,1-2H3,(H,17,19). The number of nitrogens with two attached hydrogens (primary N) is 1. The number of aryl methyl sites for hydroxylation is 2. The van der Waals surface area contributed by atoms with Crippen LogP contribution in [0.3, 0.4) is 0 Å². The monoisotopic (exact) mass is 261 g/mol. The molecule has 0 spiro atoms. The molecule has 1 aliphatic heterocycles. The van der Waals surface area contributed by atoms with Gasteiger partial charge in [0.25, 0.3) is 0 Å². The molecule has 0 bridgehead atoms. The molecular formula is C15H23N3O. The van der Waals surface area contributed by atoms with Crippen LogP contribution in [0, 0.1) is 6.92 Å². The van der Waals surface area contributed by atoms with Crippen LogP contribution in [-0.2, 0) is 11.2 Å². The Hall–Kier alpha value is -1.55. The van der Waals surface area contributed by atoms with Gasteiger partial charge in [0.15, 0.2) is 0 Å². The van der Waals surface area contributed by atoms with Crippen LogP contribution < -0.4 is 16.0 Å². The Bertz CT molecular complexity index is 459. The zero-order chi connectivity index (χ0) is 13.8. The summed E-state index contributed by atoms with van der Waals surface area (Å²) in [6.07, 6.45) is 1.81. The van der Waals surface area contributed by atoms with Crippen LogP contribution in [0.1, 0.15) is 24.5 Å². The molecular weight excluding hydrogens is 238 g/mol. The number of benzene rings is 1. The van der Waals surface area contributed by atoms with Crippen molar-refractivity contribution in [2.24, 2.45) is 5.73 Å². The molecule has 0 radical (unpaired) electrons. The van der Waals surface area contributed by atoms with Gasteiger partial charge in [-0.3, -0.25) is 4.79 Å². The number of piperazine rings is 1. The molecule has 1 aromatic carbocycles. The van der Waals surface area contributed by atoms with E-state index in [0.717, 1.165) is 19.4 Å². The summed E-state index contributed by atoms with van der Waals surface area (Å²) in [4.78, 5) is 14.1. The maximum Gasteiger partial charge on any atom is 0.239 e. The number of para-hydroxylation sites is 1. The van der Waals surface area contributed by atoms with Crippen LogP contribution >= 0.6 is 0 Å². The van der Waals surface area contributed by atoms with Gasteiger partial charge in [0.2, 0.25) is 5.91 Å². The predicted molar refractivity (Wildman–Crippen MR) is 78.4 cm³/mol. The third-order valence-electron chi connectivity index (χ3n) is 3.67. The molecule has 104 valence electrons. The van der Waals surface area contributed by atoms with E-state index in [2.05, 4.69) is 42.3 Å². The zero-order valence-electron chi connectivity index (χ0n) is 11.8. The fraction of sp³-hybridized carbons (Fsp3) is 0.533. The Kier molecular flexibility index (Phi) is 4.43. The molecule has 1 aliphatic rings. The molecule has 1 heterocycles. The van der Waals surface area contributed by atoms with Gasteiger partial charge in [-0.1, -0.05) is 25.1 Å². The lowest BCUT2D eigenvalue weighted by atomic mass is 10.0. The van der Waals surface area contributed by atoms with Gasteiger partial charge in [-0.15, -0.1) is 0 Å². The van der Waals surface area contributed by atoms with Crippen molar-refractivity contribution in [3.63, 3.8) is 0 Å². The molecule has 1 amide bonds. The second-order valence-corrected chi connectivity index (χ2v) is 5.16. The van der Waals surface area contributed by atoms with E-state index in [4.69, 9.17) is 5.73 Å². The molecule has 1 aromatic rings. The molecule has 2 rings (SSSR count). The molecule has 0 saturated carbocycles. The fourth-order valence-electron chi connectivity index (χ4n) is 2.82. The van der Waals surface area contributed by atoms with Crippen molar-refractivity contribution in [3.8, 4) is 0 Å². The first kappa shape index (κ1) is 13.9. The van der Waals surface area contributed by atoms with E-state index in [1.165, 1.54) is 16.8 Å². The van der Waals surface area contributed by atoms with Crippen molar-refractivity contribution in [2.45, 2.75) is 32.7 Å². The fourth-order valence-corrected chi connectivity index (χ4v) is 2.82. The summed E-state index contributed by atoms with van der Waals surface area (Å²) >= 11 is 0. The van der Waals surface area contributed by atoms with Crippen LogP contribution in [0.5, 0.6) is 0 Å². The lowest BCUT2D eigenvalue weighted by Gasteiger charge is -2.36. The van der Waals surface area contributed by atoms with Gasteiger partial charge in [0.05, 0.1) is 6.54 Å². The molecule has 1 saturated heterocycles. The maximum atomic E-state index is 11.8. The number of nitrogens with one attached hydrogen (secondary N) is 1. The van der Waals surface area contributed by atoms with E-state index in [1.54, 1.807) is 0 Å². The highest BCUT2D eigenvalue weighted by atomic mass is 16.2. The second-order valence-electron chi connectivity index (χ2n) is 5.16. The van der Waals surface area contributed by atoms with Gasteiger partial charge in [0.1, 0.15) is 0 Å². The Morgan fingerprint density at radius 1 is 1.47 bits per heavy atom. The Balaban J connectivity index is 2.27. The summed E-state index contributed by atoms with van der Waals surface area (Å²) in [5, 5.41) is 3.01. The van der Waals surface area contributed by atoms with Crippen LogP contribution in [0.15, 0.2) is 18.2 Å². The van der Waals surface area contributed by atoms with Crippen molar-refractivity contribution >= 4 is 11.6 Å². The molecule has 4 nitrogen and oxygen atoms in total. The Labute approximate surface area is 115 Å². The van der Waals surface area contributed by atoms with E-state index >= 15 is 0 Å². The highest BCUT2D eigenvalue weighted by Crippen LogP contribution is 2.27. The average molecular weight is 261 g/mol. The third kappa shape index (κ3) is 3.07. The van der Waals surface area contributed by atoms with Crippen molar-refractivity contribution in [1.82, 2.24) is 5.32 Å². The normalized spacial score (nSPS) is 19.4. The number of anilines is 1. The summed E-state index contributed by atoms with van der Waals surface area (Å²) in [7, 11) is 0. The van der Waals surface area contributed by atoms with Crippen LogP contribution in [0.4, 0.5) is 5.69 Å². The molecule has 1 fully saturated rings. The van der Waals surface area contributed by atoms with E-state index in [0.29, 0.717) is 13.1 Å². The average Bonchev–Trinajstić information content (AvgIpc) is 2.38. The van der Waals surface area contributed by atoms with Crippen molar-refractivity contribution in [3.05, 3.63) is 29.3 Å².